The Kier molecular flexibility index (Phi) is 3.59. The van der Waals surface area contributed by atoms with Gasteiger partial charge in [-0.05, 0) is 25.7 Å². The van der Waals surface area contributed by atoms with E-state index in [2.05, 4.69) is 10.3 Å². The van der Waals surface area contributed by atoms with Crippen LogP contribution in [0.15, 0.2) is 4.99 Å². The summed E-state index contributed by atoms with van der Waals surface area (Å²) in [6.07, 6.45) is 5.72. The summed E-state index contributed by atoms with van der Waals surface area (Å²) >= 11 is 0. The summed E-state index contributed by atoms with van der Waals surface area (Å²) in [5.74, 6) is 1.24. The molecular formula is C11H19N3O. The molecule has 4 nitrogen and oxygen atoms in total. The van der Waals surface area contributed by atoms with Gasteiger partial charge in [-0.15, -0.1) is 0 Å². The van der Waals surface area contributed by atoms with Gasteiger partial charge in [-0.1, -0.05) is 0 Å². The lowest BCUT2D eigenvalue weighted by molar-refractivity contribution is -0.130. The minimum absolute atomic E-state index is 0.226. The second-order valence-corrected chi connectivity index (χ2v) is 4.23. The van der Waals surface area contributed by atoms with Crippen molar-refractivity contribution in [1.29, 1.82) is 0 Å². The molecule has 0 atom stereocenters. The molecule has 1 saturated heterocycles. The van der Waals surface area contributed by atoms with Crippen LogP contribution >= 0.6 is 0 Å². The summed E-state index contributed by atoms with van der Waals surface area (Å²) in [6.45, 7) is 3.22. The van der Waals surface area contributed by atoms with Crippen molar-refractivity contribution >= 4 is 11.7 Å². The number of amides is 1. The molecule has 0 aromatic carbocycles. The van der Waals surface area contributed by atoms with Crippen LogP contribution in [0.5, 0.6) is 0 Å². The zero-order chi connectivity index (χ0) is 10.5. The Balaban J connectivity index is 1.71. The van der Waals surface area contributed by atoms with Gasteiger partial charge in [-0.25, -0.2) is 0 Å². The molecule has 84 valence electrons. The Morgan fingerprint density at radius 2 is 2.07 bits per heavy atom. The Morgan fingerprint density at radius 3 is 2.73 bits per heavy atom. The number of likely N-dealkylation sites (tertiary alicyclic amines) is 1. The van der Waals surface area contributed by atoms with Crippen LogP contribution in [-0.2, 0) is 4.79 Å². The number of hydrogen-bond acceptors (Lipinski definition) is 3. The third kappa shape index (κ3) is 2.94. The monoisotopic (exact) mass is 209 g/mol. The van der Waals surface area contributed by atoms with Crippen molar-refractivity contribution in [2.24, 2.45) is 4.99 Å². The highest BCUT2D eigenvalue weighted by molar-refractivity contribution is 5.88. The van der Waals surface area contributed by atoms with Crippen molar-refractivity contribution in [3.63, 3.8) is 0 Å². The van der Waals surface area contributed by atoms with Crippen LogP contribution in [0.3, 0.4) is 0 Å². The number of nitrogens with one attached hydrogen (secondary N) is 1. The van der Waals surface area contributed by atoms with Crippen molar-refractivity contribution in [3.05, 3.63) is 0 Å². The van der Waals surface area contributed by atoms with E-state index in [0.29, 0.717) is 6.54 Å². The molecule has 2 heterocycles. The Hall–Kier alpha value is -1.06. The highest BCUT2D eigenvalue weighted by atomic mass is 16.2. The predicted molar refractivity (Wildman–Crippen MR) is 60.0 cm³/mol. The van der Waals surface area contributed by atoms with Crippen molar-refractivity contribution in [3.8, 4) is 0 Å². The highest BCUT2D eigenvalue weighted by Gasteiger charge is 2.16. The topological polar surface area (TPSA) is 44.7 Å². The average molecular weight is 209 g/mol. The molecule has 1 N–H and O–H groups in total. The van der Waals surface area contributed by atoms with E-state index in [1.54, 1.807) is 0 Å². The summed E-state index contributed by atoms with van der Waals surface area (Å²) in [6, 6.07) is 0. The van der Waals surface area contributed by atoms with Crippen molar-refractivity contribution < 1.29 is 4.79 Å². The molecule has 0 aromatic heterocycles. The third-order valence-electron chi connectivity index (χ3n) is 3.03. The van der Waals surface area contributed by atoms with Gasteiger partial charge in [0, 0.05) is 26.1 Å². The van der Waals surface area contributed by atoms with Crippen LogP contribution in [0.2, 0.25) is 0 Å². The summed E-state index contributed by atoms with van der Waals surface area (Å²) in [4.78, 5) is 18.0. The maximum absolute atomic E-state index is 11.8. The van der Waals surface area contributed by atoms with Gasteiger partial charge in [0.2, 0.25) is 5.91 Å². The maximum Gasteiger partial charge on any atom is 0.241 e. The van der Waals surface area contributed by atoms with Gasteiger partial charge in [0.05, 0.1) is 12.4 Å². The molecule has 4 heteroatoms. The second kappa shape index (κ2) is 5.14. The predicted octanol–water partition coefficient (Wildman–Crippen LogP) is 0.781. The van der Waals surface area contributed by atoms with E-state index < -0.39 is 0 Å². The van der Waals surface area contributed by atoms with Crippen molar-refractivity contribution in [1.82, 2.24) is 10.2 Å². The Labute approximate surface area is 90.7 Å². The molecule has 2 rings (SSSR count). The fourth-order valence-corrected chi connectivity index (χ4v) is 2.12. The fourth-order valence-electron chi connectivity index (χ4n) is 2.12. The standard InChI is InChI=1S/C11H19N3O/c15-11(14-7-2-1-3-8-14)9-13-10-5-4-6-12-10/h1-9H2,(H,12,13). The van der Waals surface area contributed by atoms with Gasteiger partial charge in [0.25, 0.3) is 0 Å². The molecule has 0 saturated carbocycles. The first-order chi connectivity index (χ1) is 7.36. The van der Waals surface area contributed by atoms with Gasteiger partial charge in [-0.2, -0.15) is 0 Å². The molecule has 2 aliphatic rings. The highest BCUT2D eigenvalue weighted by Crippen LogP contribution is 2.08. The average Bonchev–Trinajstić information content (AvgIpc) is 2.80. The second-order valence-electron chi connectivity index (χ2n) is 4.23. The maximum atomic E-state index is 11.8. The van der Waals surface area contributed by atoms with Crippen LogP contribution in [0.4, 0.5) is 0 Å². The van der Waals surface area contributed by atoms with Crippen molar-refractivity contribution in [2.75, 3.05) is 26.2 Å². The van der Waals surface area contributed by atoms with E-state index in [9.17, 15) is 4.79 Å². The Bertz CT molecular complexity index is 257. The Morgan fingerprint density at radius 1 is 1.27 bits per heavy atom. The molecule has 15 heavy (non-hydrogen) atoms. The van der Waals surface area contributed by atoms with Gasteiger partial charge in [0.15, 0.2) is 0 Å². The molecule has 1 amide bonds. The van der Waals surface area contributed by atoms with Crippen molar-refractivity contribution in [2.45, 2.75) is 32.1 Å². The number of carbonyl (C=O) groups is 1. The third-order valence-corrected chi connectivity index (χ3v) is 3.03. The SMILES string of the molecule is O=C(CNC1=NCCC1)N1CCCCC1. The minimum atomic E-state index is 0.226. The molecular weight excluding hydrogens is 190 g/mol. The molecule has 0 bridgehead atoms. The summed E-state index contributed by atoms with van der Waals surface area (Å²) < 4.78 is 0. The van der Waals surface area contributed by atoms with E-state index in [0.717, 1.165) is 51.2 Å². The van der Waals surface area contributed by atoms with Crippen LogP contribution in [0, 0.1) is 0 Å². The van der Waals surface area contributed by atoms with E-state index >= 15 is 0 Å². The van der Waals surface area contributed by atoms with Gasteiger partial charge >= 0.3 is 0 Å². The molecule has 0 unspecified atom stereocenters. The largest absolute Gasteiger partial charge is 0.365 e. The van der Waals surface area contributed by atoms with E-state index in [1.165, 1.54) is 6.42 Å². The first-order valence-corrected chi connectivity index (χ1v) is 5.91. The fraction of sp³-hybridized carbons (Fsp3) is 0.818. The van der Waals surface area contributed by atoms with E-state index in [4.69, 9.17) is 0 Å². The zero-order valence-corrected chi connectivity index (χ0v) is 9.17. The van der Waals surface area contributed by atoms with Crippen LogP contribution < -0.4 is 5.32 Å². The lowest BCUT2D eigenvalue weighted by Gasteiger charge is -2.26. The first-order valence-electron chi connectivity index (χ1n) is 5.91. The van der Waals surface area contributed by atoms with Gasteiger partial charge < -0.3 is 10.2 Å². The molecule has 0 aromatic rings. The van der Waals surface area contributed by atoms with Crippen LogP contribution in [0.1, 0.15) is 32.1 Å². The van der Waals surface area contributed by atoms with Crippen LogP contribution in [-0.4, -0.2) is 42.8 Å². The minimum Gasteiger partial charge on any atom is -0.365 e. The smallest absolute Gasteiger partial charge is 0.241 e. The number of piperidine rings is 1. The quantitative estimate of drug-likeness (QED) is 0.730. The lowest BCUT2D eigenvalue weighted by atomic mass is 10.1. The lowest BCUT2D eigenvalue weighted by Crippen LogP contribution is -2.42. The number of rotatable bonds is 2. The first kappa shape index (κ1) is 10.5. The summed E-state index contributed by atoms with van der Waals surface area (Å²) in [7, 11) is 0. The molecule has 1 fully saturated rings. The number of aliphatic imine (C=N–C) groups is 1. The number of hydrogen-bond donors (Lipinski definition) is 1. The molecule has 0 spiro atoms. The van der Waals surface area contributed by atoms with E-state index in [1.807, 2.05) is 4.90 Å². The zero-order valence-electron chi connectivity index (χ0n) is 9.17. The molecule has 0 aliphatic carbocycles. The number of nitrogens with zero attached hydrogens (tertiary/aromatic N) is 2. The number of amidine groups is 1. The summed E-state index contributed by atoms with van der Waals surface area (Å²) in [5, 5.41) is 3.14. The molecule has 0 radical (unpaired) electrons. The van der Waals surface area contributed by atoms with E-state index in [-0.39, 0.29) is 5.91 Å². The normalized spacial score (nSPS) is 21.3. The van der Waals surface area contributed by atoms with Gasteiger partial charge in [-0.3, -0.25) is 9.79 Å². The van der Waals surface area contributed by atoms with Gasteiger partial charge in [0.1, 0.15) is 0 Å². The summed E-state index contributed by atoms with van der Waals surface area (Å²) in [5.41, 5.74) is 0. The number of carbonyl (C=O) groups excluding carboxylic acids is 1. The van der Waals surface area contributed by atoms with Crippen LogP contribution in [0.25, 0.3) is 0 Å². The molecule has 2 aliphatic heterocycles.